The van der Waals surface area contributed by atoms with E-state index in [9.17, 15) is 4.79 Å². The Morgan fingerprint density at radius 2 is 2.43 bits per heavy atom. The molecule has 1 aliphatic rings. The van der Waals surface area contributed by atoms with Gasteiger partial charge in [0.05, 0.1) is 12.6 Å². The van der Waals surface area contributed by atoms with Crippen molar-refractivity contribution in [3.05, 3.63) is 0 Å². The van der Waals surface area contributed by atoms with Crippen molar-refractivity contribution in [3.63, 3.8) is 0 Å². The number of nitrogens with one attached hydrogen (secondary N) is 1. The summed E-state index contributed by atoms with van der Waals surface area (Å²) in [6.45, 7) is 5.02. The molecule has 0 saturated carbocycles. The molecular formula is C10H19NO2S. The molecule has 1 rings (SSSR count). The molecule has 1 unspecified atom stereocenters. The van der Waals surface area contributed by atoms with Crippen molar-refractivity contribution in [2.45, 2.75) is 26.4 Å². The molecule has 1 aliphatic heterocycles. The third-order valence-electron chi connectivity index (χ3n) is 2.09. The second kappa shape index (κ2) is 6.30. The van der Waals surface area contributed by atoms with Crippen LogP contribution >= 0.6 is 11.8 Å². The van der Waals surface area contributed by atoms with Crippen molar-refractivity contribution in [2.75, 3.05) is 24.6 Å². The van der Waals surface area contributed by atoms with Crippen LogP contribution < -0.4 is 5.32 Å². The first-order valence-electron chi connectivity index (χ1n) is 5.16. The molecule has 14 heavy (non-hydrogen) atoms. The predicted molar refractivity (Wildman–Crippen MR) is 59.5 cm³/mol. The first kappa shape index (κ1) is 11.9. The summed E-state index contributed by atoms with van der Waals surface area (Å²) in [4.78, 5) is 11.1. The minimum atomic E-state index is -0.148. The third kappa shape index (κ3) is 4.86. The van der Waals surface area contributed by atoms with Crippen LogP contribution in [-0.4, -0.2) is 36.7 Å². The quantitative estimate of drug-likeness (QED) is 0.704. The zero-order valence-electron chi connectivity index (χ0n) is 8.91. The Balaban J connectivity index is 1.99. The topological polar surface area (TPSA) is 38.3 Å². The van der Waals surface area contributed by atoms with E-state index < -0.39 is 0 Å². The average Bonchev–Trinajstić information content (AvgIpc) is 2.55. The van der Waals surface area contributed by atoms with E-state index in [1.54, 1.807) is 0 Å². The fraction of sp³-hybridized carbons (Fsp3) is 0.900. The van der Waals surface area contributed by atoms with E-state index in [1.807, 2.05) is 25.6 Å². The molecule has 1 atom stereocenters. The minimum absolute atomic E-state index is 0.00802. The highest BCUT2D eigenvalue weighted by molar-refractivity contribution is 7.99. The summed E-state index contributed by atoms with van der Waals surface area (Å²) in [5.41, 5.74) is 0. The number of hydrogen-bond acceptors (Lipinski definition) is 4. The van der Waals surface area contributed by atoms with Crippen LogP contribution in [0, 0.1) is 5.92 Å². The highest BCUT2D eigenvalue weighted by Gasteiger charge is 2.15. The Morgan fingerprint density at radius 1 is 1.64 bits per heavy atom. The normalized spacial score (nSPS) is 21.5. The van der Waals surface area contributed by atoms with E-state index in [-0.39, 0.29) is 12.1 Å². The molecule has 3 nitrogen and oxygen atoms in total. The van der Waals surface area contributed by atoms with Gasteiger partial charge in [-0.3, -0.25) is 4.79 Å². The monoisotopic (exact) mass is 217 g/mol. The van der Waals surface area contributed by atoms with Crippen molar-refractivity contribution >= 4 is 17.7 Å². The van der Waals surface area contributed by atoms with Crippen molar-refractivity contribution in [1.82, 2.24) is 5.32 Å². The maximum absolute atomic E-state index is 11.1. The maximum atomic E-state index is 11.1. The summed E-state index contributed by atoms with van der Waals surface area (Å²) in [6.07, 6.45) is 1.27. The molecule has 0 bridgehead atoms. The SMILES string of the molecule is CC(C)OC(=O)CNCC1CCSC1. The molecule has 0 aromatic heterocycles. The Labute approximate surface area is 90.0 Å². The lowest BCUT2D eigenvalue weighted by Gasteiger charge is -2.11. The lowest BCUT2D eigenvalue weighted by atomic mass is 10.1. The summed E-state index contributed by atoms with van der Waals surface area (Å²) in [6, 6.07) is 0. The molecule has 0 aromatic carbocycles. The molecule has 0 aliphatic carbocycles. The van der Waals surface area contributed by atoms with Crippen LogP contribution in [0.25, 0.3) is 0 Å². The molecule has 1 N–H and O–H groups in total. The zero-order valence-corrected chi connectivity index (χ0v) is 9.73. The first-order valence-corrected chi connectivity index (χ1v) is 6.32. The summed E-state index contributed by atoms with van der Waals surface area (Å²) in [5.74, 6) is 3.09. The Bertz CT molecular complexity index is 179. The summed E-state index contributed by atoms with van der Waals surface area (Å²) >= 11 is 2.00. The number of esters is 1. The van der Waals surface area contributed by atoms with Gasteiger partial charge in [0.2, 0.25) is 0 Å². The molecule has 0 aromatic rings. The van der Waals surface area contributed by atoms with Gasteiger partial charge in [-0.05, 0) is 44.2 Å². The van der Waals surface area contributed by atoms with Crippen molar-refractivity contribution < 1.29 is 9.53 Å². The molecule has 0 amide bonds. The van der Waals surface area contributed by atoms with Crippen LogP contribution in [0.2, 0.25) is 0 Å². The maximum Gasteiger partial charge on any atom is 0.320 e. The van der Waals surface area contributed by atoms with E-state index in [0.717, 1.165) is 12.5 Å². The van der Waals surface area contributed by atoms with E-state index in [2.05, 4.69) is 5.32 Å². The molecule has 1 saturated heterocycles. The number of rotatable bonds is 5. The van der Waals surface area contributed by atoms with E-state index in [4.69, 9.17) is 4.74 Å². The van der Waals surface area contributed by atoms with Gasteiger partial charge in [0, 0.05) is 0 Å². The number of ether oxygens (including phenoxy) is 1. The van der Waals surface area contributed by atoms with Crippen molar-refractivity contribution in [3.8, 4) is 0 Å². The summed E-state index contributed by atoms with van der Waals surface area (Å²) in [7, 11) is 0. The van der Waals surface area contributed by atoms with Gasteiger partial charge in [-0.2, -0.15) is 11.8 Å². The molecule has 1 fully saturated rings. The highest BCUT2D eigenvalue weighted by Crippen LogP contribution is 2.22. The van der Waals surface area contributed by atoms with Gasteiger partial charge in [-0.15, -0.1) is 0 Å². The number of carbonyl (C=O) groups excluding carboxylic acids is 1. The van der Waals surface area contributed by atoms with Gasteiger partial charge in [0.25, 0.3) is 0 Å². The van der Waals surface area contributed by atoms with Gasteiger partial charge >= 0.3 is 5.97 Å². The second-order valence-corrected chi connectivity index (χ2v) is 5.05. The fourth-order valence-electron chi connectivity index (χ4n) is 1.43. The van der Waals surface area contributed by atoms with Gasteiger partial charge in [0.15, 0.2) is 0 Å². The van der Waals surface area contributed by atoms with Crippen LogP contribution in [0.1, 0.15) is 20.3 Å². The van der Waals surface area contributed by atoms with Gasteiger partial charge in [-0.1, -0.05) is 0 Å². The summed E-state index contributed by atoms with van der Waals surface area (Å²) in [5, 5.41) is 3.14. The van der Waals surface area contributed by atoms with Crippen LogP contribution in [0.15, 0.2) is 0 Å². The lowest BCUT2D eigenvalue weighted by Crippen LogP contribution is -2.30. The zero-order chi connectivity index (χ0) is 10.4. The molecular weight excluding hydrogens is 198 g/mol. The molecule has 4 heteroatoms. The summed E-state index contributed by atoms with van der Waals surface area (Å²) < 4.78 is 5.01. The fourth-order valence-corrected chi connectivity index (χ4v) is 2.71. The van der Waals surface area contributed by atoms with Crippen LogP contribution in [0.4, 0.5) is 0 Å². The average molecular weight is 217 g/mol. The molecule has 0 spiro atoms. The Hall–Kier alpha value is -0.220. The van der Waals surface area contributed by atoms with Crippen LogP contribution in [0.3, 0.4) is 0 Å². The number of thioether (sulfide) groups is 1. The number of carbonyl (C=O) groups is 1. The highest BCUT2D eigenvalue weighted by atomic mass is 32.2. The van der Waals surface area contributed by atoms with Crippen LogP contribution in [0.5, 0.6) is 0 Å². The van der Waals surface area contributed by atoms with E-state index in [0.29, 0.717) is 6.54 Å². The Kier molecular flexibility index (Phi) is 5.33. The second-order valence-electron chi connectivity index (χ2n) is 3.90. The Morgan fingerprint density at radius 3 is 3.00 bits per heavy atom. The van der Waals surface area contributed by atoms with Crippen molar-refractivity contribution in [2.24, 2.45) is 5.92 Å². The van der Waals surface area contributed by atoms with Crippen LogP contribution in [-0.2, 0) is 9.53 Å². The lowest BCUT2D eigenvalue weighted by molar-refractivity contribution is -0.146. The largest absolute Gasteiger partial charge is 0.462 e. The van der Waals surface area contributed by atoms with E-state index >= 15 is 0 Å². The molecule has 0 radical (unpaired) electrons. The number of hydrogen-bond donors (Lipinski definition) is 1. The first-order chi connectivity index (χ1) is 6.68. The van der Waals surface area contributed by atoms with Gasteiger partial charge < -0.3 is 10.1 Å². The van der Waals surface area contributed by atoms with Crippen molar-refractivity contribution in [1.29, 1.82) is 0 Å². The van der Waals surface area contributed by atoms with E-state index in [1.165, 1.54) is 17.9 Å². The van der Waals surface area contributed by atoms with Gasteiger partial charge in [0.1, 0.15) is 0 Å². The third-order valence-corrected chi connectivity index (χ3v) is 3.32. The molecule has 82 valence electrons. The predicted octanol–water partition coefficient (Wildman–Crippen LogP) is 1.28. The smallest absolute Gasteiger partial charge is 0.320 e. The molecule has 1 heterocycles. The standard InChI is InChI=1S/C10H19NO2S/c1-8(2)13-10(12)6-11-5-9-3-4-14-7-9/h8-9,11H,3-7H2,1-2H3. The van der Waals surface area contributed by atoms with Gasteiger partial charge in [-0.25, -0.2) is 0 Å². The minimum Gasteiger partial charge on any atom is -0.462 e.